The molecule has 0 spiro atoms. The van der Waals surface area contributed by atoms with E-state index in [0.29, 0.717) is 24.7 Å². The fraction of sp³-hybridized carbons (Fsp3) is 0.200. The minimum Gasteiger partial charge on any atom is -0.489 e. The molecule has 3 N–H and O–H groups in total. The predicted octanol–water partition coefficient (Wildman–Crippen LogP) is 3.75. The van der Waals surface area contributed by atoms with Gasteiger partial charge in [-0.3, -0.25) is 4.79 Å². The van der Waals surface area contributed by atoms with Crippen LogP contribution in [0, 0.1) is 0 Å². The Morgan fingerprint density at radius 3 is 2.50 bits per heavy atom. The third-order valence-electron chi connectivity index (χ3n) is 4.16. The first kappa shape index (κ1) is 21.2. The second-order valence-electron chi connectivity index (χ2n) is 6.19. The van der Waals surface area contributed by atoms with Gasteiger partial charge in [0.05, 0.1) is 18.4 Å². The van der Waals surface area contributed by atoms with E-state index in [0.717, 1.165) is 12.1 Å². The van der Waals surface area contributed by atoms with Gasteiger partial charge in [-0.2, -0.15) is 18.3 Å². The van der Waals surface area contributed by atoms with Crippen molar-refractivity contribution >= 4 is 17.4 Å². The Kier molecular flexibility index (Phi) is 6.26. The van der Waals surface area contributed by atoms with E-state index in [1.165, 1.54) is 23.0 Å². The summed E-state index contributed by atoms with van der Waals surface area (Å²) in [6.45, 7) is 0.708. The van der Waals surface area contributed by atoms with Crippen LogP contribution in [0.4, 0.5) is 24.7 Å². The molecule has 3 rings (SSSR count). The van der Waals surface area contributed by atoms with Crippen LogP contribution in [0.3, 0.4) is 0 Å². The lowest BCUT2D eigenvalue weighted by Gasteiger charge is -2.12. The summed E-state index contributed by atoms with van der Waals surface area (Å²) in [5.74, 6) is -0.0439. The Morgan fingerprint density at radius 2 is 1.83 bits per heavy atom. The van der Waals surface area contributed by atoms with Crippen LogP contribution in [0.1, 0.15) is 15.9 Å². The number of hydrogen-bond donors (Lipinski definition) is 2. The number of nitrogens with two attached hydrogens (primary N) is 1. The van der Waals surface area contributed by atoms with Crippen LogP contribution in [0.15, 0.2) is 54.7 Å². The fourth-order valence-corrected chi connectivity index (χ4v) is 2.65. The maximum atomic E-state index is 12.7. The molecule has 3 aromatic rings. The predicted molar refractivity (Wildman–Crippen MR) is 105 cm³/mol. The van der Waals surface area contributed by atoms with E-state index in [2.05, 4.69) is 10.4 Å². The van der Waals surface area contributed by atoms with Gasteiger partial charge in [-0.05, 0) is 36.4 Å². The van der Waals surface area contributed by atoms with Gasteiger partial charge in [-0.15, -0.1) is 0 Å². The van der Waals surface area contributed by atoms with E-state index in [9.17, 15) is 18.0 Å². The lowest BCUT2D eigenvalue weighted by atomic mass is 10.2. The highest BCUT2D eigenvalue weighted by Gasteiger charge is 2.30. The normalized spacial score (nSPS) is 11.3. The zero-order chi connectivity index (χ0) is 21.7. The summed E-state index contributed by atoms with van der Waals surface area (Å²) in [7, 11) is 1.56. The number of carbonyl (C=O) groups excluding carboxylic acids is 1. The Morgan fingerprint density at radius 1 is 1.13 bits per heavy atom. The Labute approximate surface area is 170 Å². The first-order chi connectivity index (χ1) is 14.3. The van der Waals surface area contributed by atoms with Crippen LogP contribution in [0.25, 0.3) is 5.69 Å². The molecule has 0 bridgehead atoms. The number of hydrogen-bond acceptors (Lipinski definition) is 5. The van der Waals surface area contributed by atoms with Crippen LogP contribution in [-0.4, -0.2) is 36.0 Å². The van der Waals surface area contributed by atoms with Gasteiger partial charge in [0.15, 0.2) is 0 Å². The first-order valence-corrected chi connectivity index (χ1v) is 8.84. The Hall–Kier alpha value is -3.53. The number of nitrogens with one attached hydrogen (secondary N) is 1. The van der Waals surface area contributed by atoms with Crippen molar-refractivity contribution in [1.82, 2.24) is 9.78 Å². The van der Waals surface area contributed by atoms with Crippen molar-refractivity contribution in [1.29, 1.82) is 0 Å². The standard InChI is InChI=1S/C20H19F3N4O3/c1-29-10-11-30-17-5-3-2-4-16(17)27-18(24)15(12-25-27)19(28)26-14-8-6-13(7-9-14)20(21,22)23/h2-9,12H,10-11,24H2,1H3,(H,26,28). The lowest BCUT2D eigenvalue weighted by molar-refractivity contribution is -0.137. The number of rotatable bonds is 7. The minimum absolute atomic E-state index is 0.0576. The summed E-state index contributed by atoms with van der Waals surface area (Å²) in [5, 5.41) is 6.67. The molecule has 0 saturated heterocycles. The van der Waals surface area contributed by atoms with Gasteiger partial charge in [0.1, 0.15) is 29.4 Å². The number of nitrogen functional groups attached to an aromatic ring is 1. The van der Waals surface area contributed by atoms with Gasteiger partial charge in [-0.25, -0.2) is 4.68 Å². The van der Waals surface area contributed by atoms with E-state index < -0.39 is 17.6 Å². The number of methoxy groups -OCH3 is 1. The number of anilines is 2. The van der Waals surface area contributed by atoms with Crippen LogP contribution >= 0.6 is 0 Å². The van der Waals surface area contributed by atoms with Gasteiger partial charge in [0.25, 0.3) is 5.91 Å². The molecule has 1 amide bonds. The summed E-state index contributed by atoms with van der Waals surface area (Å²) in [6, 6.07) is 11.1. The maximum absolute atomic E-state index is 12.7. The highest BCUT2D eigenvalue weighted by molar-refractivity contribution is 6.07. The molecule has 0 atom stereocenters. The molecular formula is C20H19F3N4O3. The molecule has 0 aliphatic rings. The van der Waals surface area contributed by atoms with E-state index in [4.69, 9.17) is 15.2 Å². The number of halogens is 3. The molecule has 0 saturated carbocycles. The number of amides is 1. The lowest BCUT2D eigenvalue weighted by Crippen LogP contribution is -2.15. The zero-order valence-corrected chi connectivity index (χ0v) is 15.9. The third kappa shape index (κ3) is 4.71. The number of ether oxygens (including phenoxy) is 2. The van der Waals surface area contributed by atoms with Crippen molar-refractivity contribution in [2.45, 2.75) is 6.18 Å². The van der Waals surface area contributed by atoms with E-state index >= 15 is 0 Å². The molecule has 30 heavy (non-hydrogen) atoms. The summed E-state index contributed by atoms with van der Waals surface area (Å²) < 4.78 is 50.0. The van der Waals surface area contributed by atoms with E-state index in [1.807, 2.05) is 0 Å². The van der Waals surface area contributed by atoms with Gasteiger partial charge >= 0.3 is 6.18 Å². The summed E-state index contributed by atoms with van der Waals surface area (Å²) in [4.78, 5) is 12.5. The summed E-state index contributed by atoms with van der Waals surface area (Å²) >= 11 is 0. The largest absolute Gasteiger partial charge is 0.489 e. The summed E-state index contributed by atoms with van der Waals surface area (Å²) in [6.07, 6.45) is -3.17. The molecule has 1 heterocycles. The van der Waals surface area contributed by atoms with Crippen molar-refractivity contribution in [3.8, 4) is 11.4 Å². The minimum atomic E-state index is -4.45. The number of alkyl halides is 3. The van der Waals surface area contributed by atoms with Gasteiger partial charge < -0.3 is 20.5 Å². The molecule has 7 nitrogen and oxygen atoms in total. The van der Waals surface area contributed by atoms with Crippen LogP contribution in [-0.2, 0) is 10.9 Å². The smallest absolute Gasteiger partial charge is 0.416 e. The van der Waals surface area contributed by atoms with Gasteiger partial charge in [0, 0.05) is 12.8 Å². The highest BCUT2D eigenvalue weighted by Crippen LogP contribution is 2.30. The highest BCUT2D eigenvalue weighted by atomic mass is 19.4. The van der Waals surface area contributed by atoms with Crippen molar-refractivity contribution in [3.05, 3.63) is 65.9 Å². The average molecular weight is 420 g/mol. The molecule has 0 aliphatic carbocycles. The van der Waals surface area contributed by atoms with Crippen molar-refractivity contribution < 1.29 is 27.4 Å². The topological polar surface area (TPSA) is 91.4 Å². The van der Waals surface area contributed by atoms with Crippen molar-refractivity contribution in [2.24, 2.45) is 0 Å². The molecule has 0 unspecified atom stereocenters. The maximum Gasteiger partial charge on any atom is 0.416 e. The molecular weight excluding hydrogens is 401 g/mol. The number of para-hydroxylation sites is 2. The monoisotopic (exact) mass is 420 g/mol. The second kappa shape index (κ2) is 8.87. The van der Waals surface area contributed by atoms with Crippen LogP contribution in [0.2, 0.25) is 0 Å². The quantitative estimate of drug-likeness (QED) is 0.568. The zero-order valence-electron chi connectivity index (χ0n) is 15.9. The first-order valence-electron chi connectivity index (χ1n) is 8.84. The Balaban J connectivity index is 1.79. The number of carbonyl (C=O) groups is 1. The number of aromatic nitrogens is 2. The molecule has 2 aromatic carbocycles. The van der Waals surface area contributed by atoms with Gasteiger partial charge in [0.2, 0.25) is 0 Å². The SMILES string of the molecule is COCCOc1ccccc1-n1ncc(C(=O)Nc2ccc(C(F)(F)F)cc2)c1N. The molecule has 0 radical (unpaired) electrons. The molecule has 1 aromatic heterocycles. The molecule has 10 heteroatoms. The summed E-state index contributed by atoms with van der Waals surface area (Å²) in [5.41, 5.74) is 6.09. The van der Waals surface area contributed by atoms with Gasteiger partial charge in [-0.1, -0.05) is 12.1 Å². The van der Waals surface area contributed by atoms with Crippen molar-refractivity contribution in [3.63, 3.8) is 0 Å². The average Bonchev–Trinajstić information content (AvgIpc) is 3.09. The molecule has 0 aliphatic heterocycles. The molecule has 158 valence electrons. The third-order valence-corrected chi connectivity index (χ3v) is 4.16. The molecule has 0 fully saturated rings. The van der Waals surface area contributed by atoms with E-state index in [-0.39, 0.29) is 17.1 Å². The second-order valence-corrected chi connectivity index (χ2v) is 6.19. The number of nitrogens with zero attached hydrogens (tertiary/aromatic N) is 2. The Bertz CT molecular complexity index is 1020. The van der Waals surface area contributed by atoms with E-state index in [1.54, 1.807) is 31.4 Å². The number of benzene rings is 2. The van der Waals surface area contributed by atoms with Crippen LogP contribution in [0.5, 0.6) is 5.75 Å². The van der Waals surface area contributed by atoms with Crippen molar-refractivity contribution in [2.75, 3.05) is 31.4 Å². The fourth-order valence-electron chi connectivity index (χ4n) is 2.65. The van der Waals surface area contributed by atoms with Crippen LogP contribution < -0.4 is 15.8 Å².